The number of fused-ring (bicyclic) bond motifs is 2. The predicted octanol–water partition coefficient (Wildman–Crippen LogP) is -1.92. The van der Waals surface area contributed by atoms with Crippen LogP contribution in [0.2, 0.25) is 0 Å². The Morgan fingerprint density at radius 3 is 1.82 bits per heavy atom. The molecule has 0 saturated heterocycles. The Hall–Kier alpha value is -0.160. The van der Waals surface area contributed by atoms with E-state index in [1.165, 1.54) is 0 Å². The molecule has 4 N–H and O–H groups in total. The van der Waals surface area contributed by atoms with Gasteiger partial charge in [0.25, 0.3) is 0 Å². The molecule has 0 amide bonds. The van der Waals surface area contributed by atoms with E-state index < -0.39 is 30.3 Å². The second-order valence-corrected chi connectivity index (χ2v) is 3.52. The lowest BCUT2D eigenvalue weighted by molar-refractivity contribution is -0.0606. The molecule has 11 heavy (non-hydrogen) atoms. The van der Waals surface area contributed by atoms with E-state index in [1.807, 2.05) is 0 Å². The van der Waals surface area contributed by atoms with Crippen molar-refractivity contribution >= 4 is 0 Å². The largest absolute Gasteiger partial charge is 0.393 e. The van der Waals surface area contributed by atoms with E-state index in [-0.39, 0.29) is 5.92 Å². The van der Waals surface area contributed by atoms with Gasteiger partial charge in [-0.05, 0) is 6.42 Å². The monoisotopic (exact) mass is 160 g/mol. The predicted molar refractivity (Wildman–Crippen MR) is 35.6 cm³/mol. The molecular weight excluding hydrogens is 148 g/mol. The molecule has 0 aromatic heterocycles. The number of aliphatic hydroxyl groups is 4. The first-order chi connectivity index (χ1) is 5.13. The Balaban J connectivity index is 2.24. The first-order valence-corrected chi connectivity index (χ1v) is 3.85. The Morgan fingerprint density at radius 1 is 0.818 bits per heavy atom. The molecule has 2 aliphatic carbocycles. The molecule has 0 heterocycles. The first kappa shape index (κ1) is 7.49. The Kier molecular flexibility index (Phi) is 1.47. The zero-order valence-electron chi connectivity index (χ0n) is 5.96. The molecule has 4 heteroatoms. The summed E-state index contributed by atoms with van der Waals surface area (Å²) in [6.45, 7) is 0. The van der Waals surface area contributed by atoms with E-state index in [0.29, 0.717) is 6.42 Å². The lowest BCUT2D eigenvalue weighted by Crippen LogP contribution is -2.39. The van der Waals surface area contributed by atoms with Crippen LogP contribution in [0.3, 0.4) is 0 Å². The highest BCUT2D eigenvalue weighted by atomic mass is 16.4. The number of rotatable bonds is 0. The third kappa shape index (κ3) is 0.780. The van der Waals surface area contributed by atoms with Crippen molar-refractivity contribution in [3.8, 4) is 0 Å². The quantitative estimate of drug-likeness (QED) is 0.333. The van der Waals surface area contributed by atoms with E-state index in [1.54, 1.807) is 0 Å². The van der Waals surface area contributed by atoms with Crippen LogP contribution < -0.4 is 0 Å². The molecule has 2 bridgehead atoms. The first-order valence-electron chi connectivity index (χ1n) is 3.85. The molecule has 64 valence electrons. The van der Waals surface area contributed by atoms with E-state index in [0.717, 1.165) is 0 Å². The molecule has 0 spiro atoms. The maximum absolute atomic E-state index is 9.36. The Morgan fingerprint density at radius 2 is 1.45 bits per heavy atom. The van der Waals surface area contributed by atoms with Crippen molar-refractivity contribution < 1.29 is 20.4 Å². The summed E-state index contributed by atoms with van der Waals surface area (Å²) in [7, 11) is 0. The van der Waals surface area contributed by atoms with Gasteiger partial charge in [-0.2, -0.15) is 0 Å². The summed E-state index contributed by atoms with van der Waals surface area (Å²) in [6.07, 6.45) is -2.76. The summed E-state index contributed by atoms with van der Waals surface area (Å²) in [4.78, 5) is 0. The van der Waals surface area contributed by atoms with Crippen molar-refractivity contribution in [2.45, 2.75) is 30.8 Å². The van der Waals surface area contributed by atoms with Crippen LogP contribution in [0.25, 0.3) is 0 Å². The van der Waals surface area contributed by atoms with Crippen LogP contribution in [-0.2, 0) is 0 Å². The molecule has 0 aromatic rings. The van der Waals surface area contributed by atoms with Crippen LogP contribution in [0.5, 0.6) is 0 Å². The van der Waals surface area contributed by atoms with Crippen LogP contribution >= 0.6 is 0 Å². The van der Waals surface area contributed by atoms with Crippen LogP contribution in [-0.4, -0.2) is 44.8 Å². The van der Waals surface area contributed by atoms with Crippen molar-refractivity contribution in [1.29, 1.82) is 0 Å². The maximum atomic E-state index is 9.36. The van der Waals surface area contributed by atoms with Gasteiger partial charge in [0.15, 0.2) is 0 Å². The van der Waals surface area contributed by atoms with Gasteiger partial charge in [-0.25, -0.2) is 0 Å². The van der Waals surface area contributed by atoms with Gasteiger partial charge in [-0.3, -0.25) is 0 Å². The SMILES string of the molecule is O[C@H]1[C@H](O)[C@H]2[C@@H](O)[C@@H]1C[C@H]2O. The molecule has 0 radical (unpaired) electrons. The fraction of sp³-hybridized carbons (Fsp3) is 1.00. The highest BCUT2D eigenvalue weighted by Gasteiger charge is 2.57. The summed E-state index contributed by atoms with van der Waals surface area (Å²) < 4.78 is 0. The third-order valence-electron chi connectivity index (χ3n) is 2.97. The number of aliphatic hydroxyl groups excluding tert-OH is 4. The molecular formula is C7H12O4. The molecule has 2 rings (SSSR count). The second-order valence-electron chi connectivity index (χ2n) is 3.52. The van der Waals surface area contributed by atoms with Gasteiger partial charge in [0.1, 0.15) is 0 Å². The highest BCUT2D eigenvalue weighted by Crippen LogP contribution is 2.44. The van der Waals surface area contributed by atoms with Crippen LogP contribution in [0, 0.1) is 11.8 Å². The van der Waals surface area contributed by atoms with Gasteiger partial charge < -0.3 is 20.4 Å². The Bertz CT molecular complexity index is 168. The highest BCUT2D eigenvalue weighted by molar-refractivity contribution is 5.07. The lowest BCUT2D eigenvalue weighted by atomic mass is 9.93. The van der Waals surface area contributed by atoms with Gasteiger partial charge in [0.2, 0.25) is 0 Å². The molecule has 2 saturated carbocycles. The average molecular weight is 160 g/mol. The van der Waals surface area contributed by atoms with E-state index in [9.17, 15) is 20.4 Å². The van der Waals surface area contributed by atoms with Gasteiger partial charge in [0.05, 0.1) is 24.4 Å². The van der Waals surface area contributed by atoms with E-state index in [4.69, 9.17) is 0 Å². The molecule has 0 unspecified atom stereocenters. The third-order valence-corrected chi connectivity index (χ3v) is 2.97. The van der Waals surface area contributed by atoms with Crippen LogP contribution in [0.4, 0.5) is 0 Å². The smallest absolute Gasteiger partial charge is 0.0880 e. The molecule has 2 aliphatic rings. The lowest BCUT2D eigenvalue weighted by Gasteiger charge is -2.25. The topological polar surface area (TPSA) is 80.9 Å². The number of hydrogen-bond acceptors (Lipinski definition) is 4. The van der Waals surface area contributed by atoms with Crippen molar-refractivity contribution in [3.63, 3.8) is 0 Å². The van der Waals surface area contributed by atoms with Gasteiger partial charge >= 0.3 is 0 Å². The second kappa shape index (κ2) is 2.17. The number of hydrogen-bond donors (Lipinski definition) is 4. The summed E-state index contributed by atoms with van der Waals surface area (Å²) in [5.74, 6) is -0.861. The minimum Gasteiger partial charge on any atom is -0.393 e. The average Bonchev–Trinajstić information content (AvgIpc) is 2.31. The van der Waals surface area contributed by atoms with Gasteiger partial charge in [-0.15, -0.1) is 0 Å². The summed E-state index contributed by atoms with van der Waals surface area (Å²) in [6, 6.07) is 0. The van der Waals surface area contributed by atoms with Crippen LogP contribution in [0.15, 0.2) is 0 Å². The molecule has 0 aliphatic heterocycles. The summed E-state index contributed by atoms with van der Waals surface area (Å²) in [5.41, 5.74) is 0. The fourth-order valence-electron chi connectivity index (χ4n) is 2.34. The van der Waals surface area contributed by atoms with Crippen LogP contribution in [0.1, 0.15) is 6.42 Å². The van der Waals surface area contributed by atoms with E-state index in [2.05, 4.69) is 0 Å². The zero-order chi connectivity index (χ0) is 8.17. The van der Waals surface area contributed by atoms with Crippen molar-refractivity contribution in [3.05, 3.63) is 0 Å². The van der Waals surface area contributed by atoms with Gasteiger partial charge in [-0.1, -0.05) is 0 Å². The minimum atomic E-state index is -0.946. The minimum absolute atomic E-state index is 0.329. The molecule has 4 nitrogen and oxygen atoms in total. The molecule has 6 atom stereocenters. The molecule has 2 fully saturated rings. The van der Waals surface area contributed by atoms with Gasteiger partial charge in [0, 0.05) is 11.8 Å². The standard InChI is InChI=1S/C7H12O4/c8-3-1-2-5(9)4(3)7(11)6(2)10/h2-11H,1H2/t2-,3+,4+,5-,6+,7+/m0/s1. The summed E-state index contributed by atoms with van der Waals surface area (Å²) in [5, 5.41) is 37.1. The van der Waals surface area contributed by atoms with Crippen molar-refractivity contribution in [1.82, 2.24) is 0 Å². The normalized spacial score (nSPS) is 62.2. The maximum Gasteiger partial charge on any atom is 0.0880 e. The Labute approximate surface area is 64.1 Å². The zero-order valence-corrected chi connectivity index (χ0v) is 5.96. The molecule has 0 aromatic carbocycles. The van der Waals surface area contributed by atoms with Crippen molar-refractivity contribution in [2.24, 2.45) is 11.8 Å². The fourth-order valence-corrected chi connectivity index (χ4v) is 2.34. The summed E-state index contributed by atoms with van der Waals surface area (Å²) >= 11 is 0. The van der Waals surface area contributed by atoms with E-state index >= 15 is 0 Å². The van der Waals surface area contributed by atoms with Crippen molar-refractivity contribution in [2.75, 3.05) is 0 Å².